The Morgan fingerprint density at radius 2 is 1.59 bits per heavy atom. The van der Waals surface area contributed by atoms with Crippen LogP contribution in [-0.4, -0.2) is 30.0 Å². The van der Waals surface area contributed by atoms with Crippen LogP contribution in [0.4, 0.5) is 5.69 Å². The first-order chi connectivity index (χ1) is 12.5. The van der Waals surface area contributed by atoms with Crippen molar-refractivity contribution in [3.05, 3.63) is 64.7 Å². The fourth-order valence-corrected chi connectivity index (χ4v) is 4.29. The zero-order valence-corrected chi connectivity index (χ0v) is 19.8. The van der Waals surface area contributed by atoms with Gasteiger partial charge in [0.2, 0.25) is 0 Å². The Bertz CT molecular complexity index is 744. The van der Waals surface area contributed by atoms with Crippen molar-refractivity contribution in [1.82, 2.24) is 0 Å². The summed E-state index contributed by atoms with van der Waals surface area (Å²) in [5.74, 6) is 0.137. The largest absolute Gasteiger partial charge is 0.321 e. The normalized spacial score (nSPS) is 15.2. The second kappa shape index (κ2) is 9.95. The van der Waals surface area contributed by atoms with Gasteiger partial charge in [-0.05, 0) is 37.0 Å². The van der Waals surface area contributed by atoms with E-state index in [-0.39, 0.29) is 38.6 Å². The molecule has 1 fully saturated rings. The van der Waals surface area contributed by atoms with Gasteiger partial charge in [0.15, 0.2) is 6.54 Å². The zero-order valence-electron chi connectivity index (χ0n) is 16.9. The Morgan fingerprint density at radius 3 is 2.15 bits per heavy atom. The van der Waals surface area contributed by atoms with Gasteiger partial charge in [0.05, 0.1) is 13.1 Å². The number of nitrogens with one attached hydrogen (secondary N) is 1. The number of hydrogen-bond acceptors (Lipinski definition) is 1. The predicted octanol–water partition coefficient (Wildman–Crippen LogP) is 4.61. The Hall–Kier alpha value is -1.03. The number of quaternary nitrogens is 1. The first kappa shape index (κ1) is 22.3. The molecule has 3 rings (SSSR count). The van der Waals surface area contributed by atoms with Crippen molar-refractivity contribution < 1.29 is 42.0 Å². The molecule has 2 aromatic carbocycles. The minimum Gasteiger partial charge on any atom is -0.321 e. The van der Waals surface area contributed by atoms with Crippen molar-refractivity contribution >= 4 is 11.6 Å². The van der Waals surface area contributed by atoms with Crippen LogP contribution in [0.15, 0.2) is 42.5 Å². The van der Waals surface area contributed by atoms with E-state index in [0.29, 0.717) is 6.54 Å². The zero-order chi connectivity index (χ0) is 18.6. The minimum absolute atomic E-state index is 0. The molecule has 141 valence electrons. The molecule has 1 N–H and O–H groups in total. The summed E-state index contributed by atoms with van der Waals surface area (Å²) in [6.45, 7) is 10.0. The number of aryl methyl sites for hydroxylation is 3. The van der Waals surface area contributed by atoms with Crippen LogP contribution in [0.1, 0.15) is 42.0 Å². The molecule has 0 bridgehead atoms. The van der Waals surface area contributed by atoms with Crippen LogP contribution in [0.2, 0.25) is 0 Å². The quantitative estimate of drug-likeness (QED) is 0.653. The van der Waals surface area contributed by atoms with E-state index >= 15 is 0 Å². The van der Waals surface area contributed by atoms with Gasteiger partial charge in [-0.1, -0.05) is 49.4 Å². The van der Waals surface area contributed by atoms with Crippen molar-refractivity contribution in [1.29, 1.82) is 0 Å². The van der Waals surface area contributed by atoms with Crippen LogP contribution in [-0.2, 0) is 50.5 Å². The first-order valence-electron chi connectivity index (χ1n) is 9.80. The number of carbonyl (C=O) groups is 1. The molecule has 0 aliphatic carbocycles. The predicted molar refractivity (Wildman–Crippen MR) is 108 cm³/mol. The number of hydrogen-bond donors (Lipinski definition) is 1. The van der Waals surface area contributed by atoms with Crippen LogP contribution < -0.4 is 5.32 Å². The maximum absolute atomic E-state index is 12.9. The summed E-state index contributed by atoms with van der Waals surface area (Å²) in [5, 5.41) is 3.21. The molecule has 4 heteroatoms. The molecule has 0 spiro atoms. The SMILES string of the molecule is CCc1cc(C)c(NC(=O)C[N+]2(Cc3ccccc3)CCCC2)c(C)c1.[Y]. The number of anilines is 1. The second-order valence-electron chi connectivity index (χ2n) is 7.80. The Balaban J connectivity index is 0.00000261. The Labute approximate surface area is 189 Å². The first-order valence-corrected chi connectivity index (χ1v) is 9.80. The number of carbonyl (C=O) groups excluding carboxylic acids is 1. The average Bonchev–Trinajstić information content (AvgIpc) is 3.06. The molecule has 0 atom stereocenters. The van der Waals surface area contributed by atoms with Crippen LogP contribution in [0.3, 0.4) is 0 Å². The van der Waals surface area contributed by atoms with Crippen LogP contribution >= 0.6 is 0 Å². The molecule has 1 aliphatic heterocycles. The Morgan fingerprint density at radius 1 is 1.00 bits per heavy atom. The molecule has 0 unspecified atom stereocenters. The number of amides is 1. The fraction of sp³-hybridized carbons (Fsp3) is 0.435. The van der Waals surface area contributed by atoms with Gasteiger partial charge in [-0.15, -0.1) is 0 Å². The molecule has 0 saturated carbocycles. The van der Waals surface area contributed by atoms with Gasteiger partial charge in [0, 0.05) is 56.8 Å². The van der Waals surface area contributed by atoms with Gasteiger partial charge in [-0.2, -0.15) is 0 Å². The van der Waals surface area contributed by atoms with Gasteiger partial charge in [0.25, 0.3) is 5.91 Å². The van der Waals surface area contributed by atoms with Gasteiger partial charge in [-0.25, -0.2) is 0 Å². The second-order valence-corrected chi connectivity index (χ2v) is 7.80. The molecule has 1 heterocycles. The fourth-order valence-electron chi connectivity index (χ4n) is 4.29. The maximum atomic E-state index is 12.9. The van der Waals surface area contributed by atoms with E-state index in [4.69, 9.17) is 0 Å². The van der Waals surface area contributed by atoms with E-state index in [1.54, 1.807) is 0 Å². The molecule has 1 amide bonds. The van der Waals surface area contributed by atoms with Gasteiger partial charge < -0.3 is 9.80 Å². The smallest absolute Gasteiger partial charge is 0.279 e. The molecule has 27 heavy (non-hydrogen) atoms. The summed E-state index contributed by atoms with van der Waals surface area (Å²) < 4.78 is 0.876. The van der Waals surface area contributed by atoms with Crippen molar-refractivity contribution in [3.8, 4) is 0 Å². The van der Waals surface area contributed by atoms with Crippen molar-refractivity contribution in [2.45, 2.75) is 46.6 Å². The molecule has 0 aromatic heterocycles. The van der Waals surface area contributed by atoms with Crippen LogP contribution in [0.25, 0.3) is 0 Å². The molecule has 1 saturated heterocycles. The van der Waals surface area contributed by atoms with Crippen LogP contribution in [0, 0.1) is 13.8 Å². The van der Waals surface area contributed by atoms with E-state index in [1.807, 2.05) is 0 Å². The van der Waals surface area contributed by atoms with Gasteiger partial charge >= 0.3 is 0 Å². The third-order valence-corrected chi connectivity index (χ3v) is 5.62. The number of rotatable bonds is 6. The summed E-state index contributed by atoms with van der Waals surface area (Å²) in [7, 11) is 0. The number of benzene rings is 2. The molecule has 2 aromatic rings. The monoisotopic (exact) mass is 440 g/mol. The summed E-state index contributed by atoms with van der Waals surface area (Å²) in [4.78, 5) is 12.9. The van der Waals surface area contributed by atoms with Crippen molar-refractivity contribution in [3.63, 3.8) is 0 Å². The summed E-state index contributed by atoms with van der Waals surface area (Å²) in [5.41, 5.74) is 5.95. The summed E-state index contributed by atoms with van der Waals surface area (Å²) in [6.07, 6.45) is 3.44. The van der Waals surface area contributed by atoms with Crippen molar-refractivity contribution in [2.24, 2.45) is 0 Å². The van der Waals surface area contributed by atoms with E-state index in [9.17, 15) is 4.79 Å². The van der Waals surface area contributed by atoms with E-state index < -0.39 is 0 Å². The van der Waals surface area contributed by atoms with Gasteiger partial charge in [-0.3, -0.25) is 4.79 Å². The average molecular weight is 440 g/mol. The van der Waals surface area contributed by atoms with E-state index in [1.165, 1.54) is 24.0 Å². The van der Waals surface area contributed by atoms with Crippen LogP contribution in [0.5, 0.6) is 0 Å². The molecular weight excluding hydrogens is 409 g/mol. The molecular formula is C23H31N2OY+. The Kier molecular flexibility index (Phi) is 8.21. The standard InChI is InChI=1S/C23H30N2O.Y/c1-4-20-14-18(2)23(19(3)15-20)24-22(26)17-25(12-8-9-13-25)16-21-10-6-5-7-11-21;/h5-7,10-11,14-15H,4,8-9,12-13,16-17H2,1-3H3;/p+1. The number of likely N-dealkylation sites (tertiary alicyclic amines) is 1. The minimum atomic E-state index is 0. The molecule has 1 aliphatic rings. The van der Waals surface area contributed by atoms with Gasteiger partial charge in [0.1, 0.15) is 6.54 Å². The molecule has 1 radical (unpaired) electrons. The summed E-state index contributed by atoms with van der Waals surface area (Å²) >= 11 is 0. The maximum Gasteiger partial charge on any atom is 0.279 e. The number of nitrogens with zero attached hydrogens (tertiary/aromatic N) is 1. The summed E-state index contributed by atoms with van der Waals surface area (Å²) in [6, 6.07) is 14.9. The van der Waals surface area contributed by atoms with E-state index in [0.717, 1.165) is 47.4 Å². The van der Waals surface area contributed by atoms with Crippen molar-refractivity contribution in [2.75, 3.05) is 25.0 Å². The third kappa shape index (κ3) is 5.73. The third-order valence-electron chi connectivity index (χ3n) is 5.62. The molecule has 3 nitrogen and oxygen atoms in total. The van der Waals surface area contributed by atoms with E-state index in [2.05, 4.69) is 68.6 Å². The topological polar surface area (TPSA) is 29.1 Å².